The monoisotopic (exact) mass is 490 g/mol. The van der Waals surface area contributed by atoms with E-state index in [1.165, 1.54) is 0 Å². The molecule has 4 aromatic carbocycles. The van der Waals surface area contributed by atoms with Crippen molar-refractivity contribution >= 4 is 16.8 Å². The second-order valence-electron chi connectivity index (χ2n) is 7.44. The molecular formula is C28H28O4P2. The first-order valence-electron chi connectivity index (χ1n) is 11.3. The molecule has 0 aliphatic rings. The maximum absolute atomic E-state index is 6.20. The molecule has 0 heterocycles. The predicted octanol–water partition coefficient (Wildman–Crippen LogP) is 8.71. The Morgan fingerprint density at radius 2 is 0.588 bits per heavy atom. The van der Waals surface area contributed by atoms with E-state index in [1.807, 2.05) is 121 Å². The predicted molar refractivity (Wildman–Crippen MR) is 141 cm³/mol. The molecule has 0 radical (unpaired) electrons. The topological polar surface area (TPSA) is 36.9 Å². The van der Waals surface area contributed by atoms with Crippen molar-refractivity contribution in [3.8, 4) is 23.0 Å². The zero-order valence-corrected chi connectivity index (χ0v) is 20.7. The molecule has 0 spiro atoms. The molecule has 0 bridgehead atoms. The SMILES string of the molecule is c1ccc(OP(CCCCP(Oc2ccccc2)Oc2ccccc2)Oc2ccccc2)cc1. The van der Waals surface area contributed by atoms with Crippen molar-refractivity contribution in [2.75, 3.05) is 12.3 Å². The van der Waals surface area contributed by atoms with Crippen molar-refractivity contribution in [1.82, 2.24) is 0 Å². The van der Waals surface area contributed by atoms with Gasteiger partial charge in [0.25, 0.3) is 16.8 Å². The van der Waals surface area contributed by atoms with Gasteiger partial charge in [0.15, 0.2) is 0 Å². The van der Waals surface area contributed by atoms with Crippen molar-refractivity contribution < 1.29 is 18.1 Å². The van der Waals surface area contributed by atoms with Crippen LogP contribution in [0.4, 0.5) is 0 Å². The molecule has 4 nitrogen and oxygen atoms in total. The van der Waals surface area contributed by atoms with Crippen LogP contribution in [0.2, 0.25) is 0 Å². The van der Waals surface area contributed by atoms with E-state index in [9.17, 15) is 0 Å². The van der Waals surface area contributed by atoms with Gasteiger partial charge in [0.1, 0.15) is 23.0 Å². The third kappa shape index (κ3) is 8.37. The Morgan fingerprint density at radius 3 is 0.824 bits per heavy atom. The van der Waals surface area contributed by atoms with Gasteiger partial charge in [-0.15, -0.1) is 0 Å². The van der Waals surface area contributed by atoms with E-state index in [0.29, 0.717) is 0 Å². The van der Waals surface area contributed by atoms with Crippen LogP contribution >= 0.6 is 16.8 Å². The molecule has 0 N–H and O–H groups in total. The van der Waals surface area contributed by atoms with E-state index >= 15 is 0 Å². The van der Waals surface area contributed by atoms with Gasteiger partial charge < -0.3 is 18.1 Å². The lowest BCUT2D eigenvalue weighted by Crippen LogP contribution is -2.03. The van der Waals surface area contributed by atoms with E-state index in [1.54, 1.807) is 0 Å². The fraction of sp³-hybridized carbons (Fsp3) is 0.143. The molecule has 0 saturated carbocycles. The van der Waals surface area contributed by atoms with Crippen LogP contribution in [0.15, 0.2) is 121 Å². The normalized spacial score (nSPS) is 10.8. The molecule has 6 heteroatoms. The van der Waals surface area contributed by atoms with E-state index < -0.39 is 16.8 Å². The molecule has 174 valence electrons. The van der Waals surface area contributed by atoms with Gasteiger partial charge in [0, 0.05) is 12.3 Å². The minimum absolute atomic E-state index is 0.818. The van der Waals surface area contributed by atoms with E-state index in [-0.39, 0.29) is 0 Å². The van der Waals surface area contributed by atoms with Crippen LogP contribution in [-0.2, 0) is 0 Å². The maximum atomic E-state index is 6.20. The summed E-state index contributed by atoms with van der Waals surface area (Å²) < 4.78 is 24.8. The van der Waals surface area contributed by atoms with Gasteiger partial charge in [0.05, 0.1) is 0 Å². The van der Waals surface area contributed by atoms with Crippen LogP contribution < -0.4 is 18.1 Å². The molecule has 0 amide bonds. The molecule has 4 rings (SSSR count). The molecule has 0 aromatic heterocycles. The fourth-order valence-electron chi connectivity index (χ4n) is 3.10. The van der Waals surface area contributed by atoms with Gasteiger partial charge in [0.2, 0.25) is 0 Å². The largest absolute Gasteiger partial charge is 0.439 e. The number of para-hydroxylation sites is 4. The van der Waals surface area contributed by atoms with Crippen LogP contribution in [-0.4, -0.2) is 12.3 Å². The van der Waals surface area contributed by atoms with Crippen LogP contribution in [0.5, 0.6) is 23.0 Å². The molecule has 0 atom stereocenters. The van der Waals surface area contributed by atoms with Crippen molar-refractivity contribution in [1.29, 1.82) is 0 Å². The summed E-state index contributed by atoms with van der Waals surface area (Å²) in [5.74, 6) is 3.30. The Kier molecular flexibility index (Phi) is 9.63. The average molecular weight is 490 g/mol. The summed E-state index contributed by atoms with van der Waals surface area (Å²) in [4.78, 5) is 0. The van der Waals surface area contributed by atoms with Crippen LogP contribution in [0.1, 0.15) is 12.8 Å². The zero-order chi connectivity index (χ0) is 23.3. The zero-order valence-electron chi connectivity index (χ0n) is 18.9. The Bertz CT molecular complexity index is 895. The lowest BCUT2D eigenvalue weighted by molar-refractivity contribution is 0.480. The summed E-state index contributed by atoms with van der Waals surface area (Å²) in [7, 11) is -2.23. The van der Waals surface area contributed by atoms with Crippen molar-refractivity contribution in [3.63, 3.8) is 0 Å². The molecular weight excluding hydrogens is 462 g/mol. The van der Waals surface area contributed by atoms with Crippen molar-refractivity contribution in [3.05, 3.63) is 121 Å². The molecule has 34 heavy (non-hydrogen) atoms. The third-order valence-corrected chi connectivity index (χ3v) is 7.75. The number of unbranched alkanes of at least 4 members (excludes halogenated alkanes) is 1. The number of hydrogen-bond acceptors (Lipinski definition) is 4. The summed E-state index contributed by atoms with van der Waals surface area (Å²) in [5.41, 5.74) is 0. The van der Waals surface area contributed by atoms with Crippen LogP contribution in [0.3, 0.4) is 0 Å². The van der Waals surface area contributed by atoms with Crippen molar-refractivity contribution in [2.45, 2.75) is 12.8 Å². The minimum atomic E-state index is -1.11. The highest BCUT2D eigenvalue weighted by atomic mass is 31.2. The standard InChI is InChI=1S/C28H28O4P2/c1-5-15-25(16-6-1)29-33(30-26-17-7-2-8-18-26)23-13-14-24-34(31-27-19-9-3-10-20-27)32-28-21-11-4-12-22-28/h1-12,15-22H,13-14,23-24H2. The first-order chi connectivity index (χ1) is 16.8. The lowest BCUT2D eigenvalue weighted by Gasteiger charge is -2.20. The summed E-state index contributed by atoms with van der Waals surface area (Å²) >= 11 is 0. The Balaban J connectivity index is 1.34. The van der Waals surface area contributed by atoms with Gasteiger partial charge in [-0.2, -0.15) is 0 Å². The fourth-order valence-corrected chi connectivity index (χ4v) is 5.93. The maximum Gasteiger partial charge on any atom is 0.290 e. The number of hydrogen-bond donors (Lipinski definition) is 0. The molecule has 0 fully saturated rings. The summed E-state index contributed by atoms with van der Waals surface area (Å²) in [5, 5.41) is 0. The van der Waals surface area contributed by atoms with Gasteiger partial charge in [-0.3, -0.25) is 0 Å². The van der Waals surface area contributed by atoms with E-state index in [0.717, 1.165) is 48.2 Å². The first kappa shape index (κ1) is 24.1. The lowest BCUT2D eigenvalue weighted by atomic mass is 10.3. The summed E-state index contributed by atoms with van der Waals surface area (Å²) in [6.45, 7) is 0. The van der Waals surface area contributed by atoms with Crippen molar-refractivity contribution in [2.24, 2.45) is 0 Å². The number of benzene rings is 4. The highest BCUT2D eigenvalue weighted by molar-refractivity contribution is 7.48. The van der Waals surface area contributed by atoms with Gasteiger partial charge in [-0.05, 0) is 61.4 Å². The number of rotatable bonds is 13. The van der Waals surface area contributed by atoms with E-state index in [4.69, 9.17) is 18.1 Å². The third-order valence-electron chi connectivity index (χ3n) is 4.73. The van der Waals surface area contributed by atoms with Gasteiger partial charge >= 0.3 is 0 Å². The second kappa shape index (κ2) is 13.6. The van der Waals surface area contributed by atoms with Crippen LogP contribution in [0, 0.1) is 0 Å². The average Bonchev–Trinajstić information content (AvgIpc) is 2.89. The first-order valence-corrected chi connectivity index (χ1v) is 14.0. The van der Waals surface area contributed by atoms with E-state index in [2.05, 4.69) is 0 Å². The molecule has 4 aromatic rings. The highest BCUT2D eigenvalue weighted by Gasteiger charge is 2.18. The van der Waals surface area contributed by atoms with Crippen LogP contribution in [0.25, 0.3) is 0 Å². The summed E-state index contributed by atoms with van der Waals surface area (Å²) in [6.07, 6.45) is 3.53. The van der Waals surface area contributed by atoms with Gasteiger partial charge in [-0.25, -0.2) is 0 Å². The minimum Gasteiger partial charge on any atom is -0.439 e. The quantitative estimate of drug-likeness (QED) is 0.139. The second-order valence-corrected chi connectivity index (χ2v) is 10.4. The molecule has 0 unspecified atom stereocenters. The molecule has 0 aliphatic heterocycles. The smallest absolute Gasteiger partial charge is 0.290 e. The molecule has 0 saturated heterocycles. The summed E-state index contributed by atoms with van der Waals surface area (Å²) in [6, 6.07) is 39.4. The van der Waals surface area contributed by atoms with Gasteiger partial charge in [-0.1, -0.05) is 72.8 Å². The highest BCUT2D eigenvalue weighted by Crippen LogP contribution is 2.44. The Hall–Kier alpha value is -3.06. The Morgan fingerprint density at radius 1 is 0.353 bits per heavy atom. The molecule has 0 aliphatic carbocycles. The Labute approximate surface area is 204 Å².